The zero-order valence-corrected chi connectivity index (χ0v) is 10.0. The van der Waals surface area contributed by atoms with Crippen LogP contribution in [-0.2, 0) is 6.18 Å². The Morgan fingerprint density at radius 1 is 1.05 bits per heavy atom. The molecule has 0 saturated carbocycles. The van der Waals surface area contributed by atoms with Gasteiger partial charge in [0, 0.05) is 11.1 Å². The van der Waals surface area contributed by atoms with Crippen LogP contribution in [0.3, 0.4) is 0 Å². The van der Waals surface area contributed by atoms with Crippen LogP contribution >= 0.6 is 0 Å². The maximum atomic E-state index is 13.5. The summed E-state index contributed by atoms with van der Waals surface area (Å²) in [5.74, 6) is -2.02. The summed E-state index contributed by atoms with van der Waals surface area (Å²) in [4.78, 5) is 12.1. The number of alkyl halides is 3. The van der Waals surface area contributed by atoms with E-state index in [1.165, 1.54) is 12.1 Å². The van der Waals surface area contributed by atoms with E-state index in [1.54, 1.807) is 18.2 Å². The third-order valence-electron chi connectivity index (χ3n) is 2.74. The lowest BCUT2D eigenvalue weighted by molar-refractivity contribution is -0.137. The van der Waals surface area contributed by atoms with Gasteiger partial charge in [-0.15, -0.1) is 0 Å². The molecule has 0 spiro atoms. The number of benzene rings is 2. The fraction of sp³-hybridized carbons (Fsp3) is 0.0714. The fourth-order valence-corrected chi connectivity index (χ4v) is 1.71. The molecule has 0 atom stereocenters. The molecule has 0 heterocycles. The monoisotopic (exact) mass is 283 g/mol. The maximum absolute atomic E-state index is 13.5. The number of carbonyl (C=O) groups excluding carboxylic acids is 1. The van der Waals surface area contributed by atoms with E-state index in [0.29, 0.717) is 6.07 Å². The molecule has 0 bridgehead atoms. The van der Waals surface area contributed by atoms with Gasteiger partial charge in [0.05, 0.1) is 11.3 Å². The predicted molar refractivity (Wildman–Crippen MR) is 65.7 cm³/mol. The Balaban J connectivity index is 2.57. The molecule has 2 aromatic carbocycles. The molecule has 2 nitrogen and oxygen atoms in total. The molecule has 104 valence electrons. The predicted octanol–water partition coefficient (Wildman–Crippen LogP) is 3.66. The first-order chi connectivity index (χ1) is 9.30. The molecule has 0 fully saturated rings. The molecular formula is C14H9F4NO. The average Bonchev–Trinajstić information content (AvgIpc) is 2.40. The topological polar surface area (TPSA) is 43.1 Å². The first-order valence-corrected chi connectivity index (χ1v) is 5.56. The standard InChI is InChI=1S/C14H9F4NO/c15-11-7-9(14(16,17)18)6-10(12(11)19)13(20)8-4-2-1-3-5-8/h1-7H,19H2. The van der Waals surface area contributed by atoms with Crippen molar-refractivity contribution in [2.45, 2.75) is 6.18 Å². The first-order valence-electron chi connectivity index (χ1n) is 5.56. The van der Waals surface area contributed by atoms with Crippen LogP contribution in [0.5, 0.6) is 0 Å². The lowest BCUT2D eigenvalue weighted by Gasteiger charge is -2.11. The van der Waals surface area contributed by atoms with Gasteiger partial charge in [0.1, 0.15) is 5.82 Å². The molecule has 0 radical (unpaired) electrons. The average molecular weight is 283 g/mol. The van der Waals surface area contributed by atoms with Gasteiger partial charge < -0.3 is 5.73 Å². The molecule has 20 heavy (non-hydrogen) atoms. The van der Waals surface area contributed by atoms with Gasteiger partial charge in [-0.25, -0.2) is 4.39 Å². The summed E-state index contributed by atoms with van der Waals surface area (Å²) in [5.41, 5.74) is 3.17. The zero-order chi connectivity index (χ0) is 14.9. The molecule has 0 saturated heterocycles. The van der Waals surface area contributed by atoms with Gasteiger partial charge in [-0.1, -0.05) is 30.3 Å². The van der Waals surface area contributed by atoms with Gasteiger partial charge in [-0.05, 0) is 12.1 Å². The van der Waals surface area contributed by atoms with Crippen molar-refractivity contribution in [1.29, 1.82) is 0 Å². The maximum Gasteiger partial charge on any atom is 0.416 e. The van der Waals surface area contributed by atoms with Crippen LogP contribution in [0.15, 0.2) is 42.5 Å². The second-order valence-corrected chi connectivity index (χ2v) is 4.11. The lowest BCUT2D eigenvalue weighted by Crippen LogP contribution is -2.12. The normalized spacial score (nSPS) is 11.4. The molecule has 0 aromatic heterocycles. The molecule has 0 aliphatic heterocycles. The number of anilines is 1. The van der Waals surface area contributed by atoms with Crippen molar-refractivity contribution in [3.8, 4) is 0 Å². The van der Waals surface area contributed by atoms with E-state index in [-0.39, 0.29) is 11.6 Å². The second-order valence-electron chi connectivity index (χ2n) is 4.11. The molecule has 0 aliphatic rings. The number of carbonyl (C=O) groups is 1. The van der Waals surface area contributed by atoms with Crippen molar-refractivity contribution < 1.29 is 22.4 Å². The van der Waals surface area contributed by atoms with Crippen LogP contribution in [0.4, 0.5) is 23.2 Å². The highest BCUT2D eigenvalue weighted by Crippen LogP contribution is 2.33. The molecule has 0 amide bonds. The summed E-state index contributed by atoms with van der Waals surface area (Å²) in [5, 5.41) is 0. The number of nitrogen functional groups attached to an aromatic ring is 1. The minimum Gasteiger partial charge on any atom is -0.396 e. The van der Waals surface area contributed by atoms with E-state index in [2.05, 4.69) is 0 Å². The number of rotatable bonds is 2. The summed E-state index contributed by atoms with van der Waals surface area (Å²) in [7, 11) is 0. The Labute approximate surface area is 111 Å². The summed E-state index contributed by atoms with van der Waals surface area (Å²) in [6.07, 6.45) is -4.75. The molecule has 2 rings (SSSR count). The minimum absolute atomic E-state index is 0.137. The minimum atomic E-state index is -4.75. The van der Waals surface area contributed by atoms with Crippen molar-refractivity contribution in [3.05, 3.63) is 65.0 Å². The van der Waals surface area contributed by atoms with Crippen molar-refractivity contribution >= 4 is 11.5 Å². The van der Waals surface area contributed by atoms with Crippen LogP contribution in [0.1, 0.15) is 21.5 Å². The summed E-state index contributed by atoms with van der Waals surface area (Å²) in [6, 6.07) is 8.42. The Hall–Kier alpha value is -2.37. The van der Waals surface area contributed by atoms with Gasteiger partial charge in [-0.2, -0.15) is 13.2 Å². The van der Waals surface area contributed by atoms with E-state index < -0.39 is 34.6 Å². The summed E-state index contributed by atoms with van der Waals surface area (Å²) < 4.78 is 51.3. The Morgan fingerprint density at radius 3 is 2.20 bits per heavy atom. The highest BCUT2D eigenvalue weighted by atomic mass is 19.4. The van der Waals surface area contributed by atoms with Gasteiger partial charge in [0.15, 0.2) is 5.78 Å². The molecule has 0 unspecified atom stereocenters. The number of ketones is 1. The van der Waals surface area contributed by atoms with E-state index >= 15 is 0 Å². The molecule has 6 heteroatoms. The quantitative estimate of drug-likeness (QED) is 0.519. The third-order valence-corrected chi connectivity index (χ3v) is 2.74. The smallest absolute Gasteiger partial charge is 0.396 e. The largest absolute Gasteiger partial charge is 0.416 e. The Kier molecular flexibility index (Phi) is 3.48. The van der Waals surface area contributed by atoms with Crippen LogP contribution in [-0.4, -0.2) is 5.78 Å². The second kappa shape index (κ2) is 4.96. The molecule has 0 aliphatic carbocycles. The van der Waals surface area contributed by atoms with Crippen LogP contribution < -0.4 is 5.73 Å². The van der Waals surface area contributed by atoms with E-state index in [4.69, 9.17) is 5.73 Å². The van der Waals surface area contributed by atoms with E-state index in [1.807, 2.05) is 0 Å². The number of halogens is 4. The van der Waals surface area contributed by atoms with E-state index in [0.717, 1.165) is 0 Å². The van der Waals surface area contributed by atoms with Gasteiger partial charge >= 0.3 is 6.18 Å². The third kappa shape index (κ3) is 2.64. The molecular weight excluding hydrogens is 274 g/mol. The van der Waals surface area contributed by atoms with Gasteiger partial charge in [0.2, 0.25) is 0 Å². The molecule has 2 aromatic rings. The number of nitrogens with two attached hydrogens (primary N) is 1. The van der Waals surface area contributed by atoms with E-state index in [9.17, 15) is 22.4 Å². The summed E-state index contributed by atoms with van der Waals surface area (Å²) >= 11 is 0. The van der Waals surface area contributed by atoms with Crippen molar-refractivity contribution in [3.63, 3.8) is 0 Å². The fourth-order valence-electron chi connectivity index (χ4n) is 1.71. The highest BCUT2D eigenvalue weighted by Gasteiger charge is 2.33. The first kappa shape index (κ1) is 14.0. The van der Waals surface area contributed by atoms with Crippen molar-refractivity contribution in [2.24, 2.45) is 0 Å². The van der Waals surface area contributed by atoms with Crippen LogP contribution in [0.25, 0.3) is 0 Å². The number of hydrogen-bond acceptors (Lipinski definition) is 2. The summed E-state index contributed by atoms with van der Waals surface area (Å²) in [6.45, 7) is 0. The van der Waals surface area contributed by atoms with Crippen LogP contribution in [0.2, 0.25) is 0 Å². The number of hydrogen-bond donors (Lipinski definition) is 1. The van der Waals surface area contributed by atoms with Gasteiger partial charge in [-0.3, -0.25) is 4.79 Å². The van der Waals surface area contributed by atoms with Crippen LogP contribution in [0, 0.1) is 5.82 Å². The zero-order valence-electron chi connectivity index (χ0n) is 10.0. The lowest BCUT2D eigenvalue weighted by atomic mass is 9.99. The Morgan fingerprint density at radius 2 is 1.65 bits per heavy atom. The molecule has 2 N–H and O–H groups in total. The van der Waals surface area contributed by atoms with Gasteiger partial charge in [0.25, 0.3) is 0 Å². The Bertz CT molecular complexity index is 650. The SMILES string of the molecule is Nc1c(F)cc(C(F)(F)F)cc1C(=O)c1ccccc1. The highest BCUT2D eigenvalue weighted by molar-refractivity contribution is 6.12. The van der Waals surface area contributed by atoms with Crippen molar-refractivity contribution in [1.82, 2.24) is 0 Å². The van der Waals surface area contributed by atoms with Crippen molar-refractivity contribution in [2.75, 3.05) is 5.73 Å².